The smallest absolute Gasteiger partial charge is 0.254 e. The normalized spacial score (nSPS) is 15.6. The lowest BCUT2D eigenvalue weighted by Crippen LogP contribution is -2.48. The van der Waals surface area contributed by atoms with Gasteiger partial charge in [-0.1, -0.05) is 12.1 Å². The zero-order valence-electron chi connectivity index (χ0n) is 13.3. The van der Waals surface area contributed by atoms with E-state index in [9.17, 15) is 4.79 Å². The minimum Gasteiger partial charge on any atom is -0.336 e. The molecule has 23 heavy (non-hydrogen) atoms. The molecule has 0 bridgehead atoms. The van der Waals surface area contributed by atoms with Crippen molar-refractivity contribution in [3.8, 4) is 0 Å². The molecule has 2 heterocycles. The van der Waals surface area contributed by atoms with Crippen molar-refractivity contribution in [2.45, 2.75) is 11.4 Å². The van der Waals surface area contributed by atoms with Gasteiger partial charge in [0, 0.05) is 55.6 Å². The van der Waals surface area contributed by atoms with E-state index in [1.54, 1.807) is 36.3 Å². The SMILES string of the molecule is CSc1ccc(CN2CCN(C(=O)c3ccncc3)CC2)cc1. The number of benzene rings is 1. The van der Waals surface area contributed by atoms with Gasteiger partial charge in [-0.05, 0) is 36.1 Å². The van der Waals surface area contributed by atoms with Crippen molar-refractivity contribution in [1.82, 2.24) is 14.8 Å². The third-order valence-electron chi connectivity index (χ3n) is 4.15. The fourth-order valence-corrected chi connectivity index (χ4v) is 3.18. The Kier molecular flexibility index (Phi) is 5.31. The van der Waals surface area contributed by atoms with E-state index in [1.165, 1.54) is 10.5 Å². The quantitative estimate of drug-likeness (QED) is 0.809. The first-order valence-electron chi connectivity index (χ1n) is 7.81. The molecule has 120 valence electrons. The number of thioether (sulfide) groups is 1. The van der Waals surface area contributed by atoms with Crippen molar-refractivity contribution in [3.05, 3.63) is 59.9 Å². The maximum absolute atomic E-state index is 12.4. The topological polar surface area (TPSA) is 36.4 Å². The van der Waals surface area contributed by atoms with Crippen LogP contribution in [0.5, 0.6) is 0 Å². The van der Waals surface area contributed by atoms with Gasteiger partial charge in [-0.3, -0.25) is 14.7 Å². The molecule has 0 spiro atoms. The fourth-order valence-electron chi connectivity index (χ4n) is 2.78. The van der Waals surface area contributed by atoms with E-state index in [2.05, 4.69) is 40.4 Å². The van der Waals surface area contributed by atoms with Gasteiger partial charge in [0.05, 0.1) is 0 Å². The number of amides is 1. The molecule has 4 nitrogen and oxygen atoms in total. The molecule has 1 aromatic heterocycles. The lowest BCUT2D eigenvalue weighted by atomic mass is 10.2. The summed E-state index contributed by atoms with van der Waals surface area (Å²) in [6.45, 7) is 4.35. The van der Waals surface area contributed by atoms with Crippen LogP contribution in [0.3, 0.4) is 0 Å². The fraction of sp³-hybridized carbons (Fsp3) is 0.333. The molecule has 0 unspecified atom stereocenters. The molecular formula is C18H21N3OS. The molecular weight excluding hydrogens is 306 g/mol. The van der Waals surface area contributed by atoms with Crippen molar-refractivity contribution in [1.29, 1.82) is 0 Å². The Bertz CT molecular complexity index is 637. The number of pyridine rings is 1. The van der Waals surface area contributed by atoms with E-state index >= 15 is 0 Å². The minimum atomic E-state index is 0.108. The van der Waals surface area contributed by atoms with Gasteiger partial charge in [0.1, 0.15) is 0 Å². The van der Waals surface area contributed by atoms with Crippen LogP contribution in [-0.2, 0) is 6.54 Å². The molecule has 0 aliphatic carbocycles. The van der Waals surface area contributed by atoms with Crippen LogP contribution >= 0.6 is 11.8 Å². The van der Waals surface area contributed by atoms with Gasteiger partial charge in [0.2, 0.25) is 0 Å². The summed E-state index contributed by atoms with van der Waals surface area (Å²) in [5.74, 6) is 0.108. The molecule has 0 saturated carbocycles. The number of carbonyl (C=O) groups excluding carboxylic acids is 1. The van der Waals surface area contributed by atoms with Crippen LogP contribution < -0.4 is 0 Å². The Balaban J connectivity index is 1.53. The van der Waals surface area contributed by atoms with Gasteiger partial charge in [-0.15, -0.1) is 11.8 Å². The zero-order chi connectivity index (χ0) is 16.1. The maximum Gasteiger partial charge on any atom is 0.254 e. The Labute approximate surface area is 141 Å². The van der Waals surface area contributed by atoms with Crippen LogP contribution in [0.4, 0.5) is 0 Å². The van der Waals surface area contributed by atoms with Crippen molar-refractivity contribution in [2.75, 3.05) is 32.4 Å². The van der Waals surface area contributed by atoms with Gasteiger partial charge in [0.15, 0.2) is 0 Å². The van der Waals surface area contributed by atoms with Gasteiger partial charge in [0.25, 0.3) is 5.91 Å². The number of nitrogens with zero attached hydrogens (tertiary/aromatic N) is 3. The first kappa shape index (κ1) is 16.0. The van der Waals surface area contributed by atoms with Crippen LogP contribution in [0.25, 0.3) is 0 Å². The van der Waals surface area contributed by atoms with Crippen LogP contribution in [0.2, 0.25) is 0 Å². The number of carbonyl (C=O) groups is 1. The monoisotopic (exact) mass is 327 g/mol. The van der Waals surface area contributed by atoms with Gasteiger partial charge < -0.3 is 4.90 Å². The number of hydrogen-bond donors (Lipinski definition) is 0. The standard InChI is InChI=1S/C18H21N3OS/c1-23-17-4-2-15(3-5-17)14-20-10-12-21(13-11-20)18(22)16-6-8-19-9-7-16/h2-9H,10-14H2,1H3. The van der Waals surface area contributed by atoms with E-state index < -0.39 is 0 Å². The number of hydrogen-bond acceptors (Lipinski definition) is 4. The molecule has 0 atom stereocenters. The second-order valence-corrected chi connectivity index (χ2v) is 6.53. The highest BCUT2D eigenvalue weighted by molar-refractivity contribution is 7.98. The average molecular weight is 327 g/mol. The molecule has 1 aromatic carbocycles. The first-order valence-corrected chi connectivity index (χ1v) is 9.03. The van der Waals surface area contributed by atoms with Crippen LogP contribution in [-0.4, -0.2) is 53.1 Å². The van der Waals surface area contributed by atoms with E-state index in [0.717, 1.165) is 38.3 Å². The predicted molar refractivity (Wildman–Crippen MR) is 93.6 cm³/mol. The average Bonchev–Trinajstić information content (AvgIpc) is 2.63. The predicted octanol–water partition coefficient (Wildman–Crippen LogP) is 2.76. The highest BCUT2D eigenvalue weighted by Crippen LogP contribution is 2.17. The largest absolute Gasteiger partial charge is 0.336 e. The highest BCUT2D eigenvalue weighted by atomic mass is 32.2. The zero-order valence-corrected chi connectivity index (χ0v) is 14.1. The first-order chi connectivity index (χ1) is 11.3. The molecule has 3 rings (SSSR count). The molecule has 0 N–H and O–H groups in total. The second-order valence-electron chi connectivity index (χ2n) is 5.65. The van der Waals surface area contributed by atoms with Crippen LogP contribution in [0, 0.1) is 0 Å². The number of aromatic nitrogens is 1. The highest BCUT2D eigenvalue weighted by Gasteiger charge is 2.21. The molecule has 1 amide bonds. The molecule has 1 aliphatic rings. The summed E-state index contributed by atoms with van der Waals surface area (Å²) in [6, 6.07) is 12.3. The second kappa shape index (κ2) is 7.62. The van der Waals surface area contributed by atoms with E-state index in [4.69, 9.17) is 0 Å². The van der Waals surface area contributed by atoms with Gasteiger partial charge in [-0.2, -0.15) is 0 Å². The molecule has 1 saturated heterocycles. The van der Waals surface area contributed by atoms with E-state index in [0.29, 0.717) is 0 Å². The summed E-state index contributed by atoms with van der Waals surface area (Å²) in [7, 11) is 0. The van der Waals surface area contributed by atoms with Crippen molar-refractivity contribution < 1.29 is 4.79 Å². The number of piperazine rings is 1. The molecule has 1 aliphatic heterocycles. The molecule has 0 radical (unpaired) electrons. The third-order valence-corrected chi connectivity index (χ3v) is 4.90. The maximum atomic E-state index is 12.4. The van der Waals surface area contributed by atoms with Crippen molar-refractivity contribution >= 4 is 17.7 Å². The third kappa shape index (κ3) is 4.12. The number of rotatable bonds is 4. The van der Waals surface area contributed by atoms with Crippen molar-refractivity contribution in [3.63, 3.8) is 0 Å². The Hall–Kier alpha value is -1.85. The summed E-state index contributed by atoms with van der Waals surface area (Å²) in [6.07, 6.45) is 5.43. The summed E-state index contributed by atoms with van der Waals surface area (Å²) >= 11 is 1.76. The summed E-state index contributed by atoms with van der Waals surface area (Å²) in [5, 5.41) is 0. The van der Waals surface area contributed by atoms with Gasteiger partial charge >= 0.3 is 0 Å². The van der Waals surface area contributed by atoms with E-state index in [-0.39, 0.29) is 5.91 Å². The summed E-state index contributed by atoms with van der Waals surface area (Å²) < 4.78 is 0. The van der Waals surface area contributed by atoms with Crippen LogP contribution in [0.15, 0.2) is 53.7 Å². The summed E-state index contributed by atoms with van der Waals surface area (Å²) in [4.78, 5) is 22.0. The van der Waals surface area contributed by atoms with Crippen LogP contribution in [0.1, 0.15) is 15.9 Å². The lowest BCUT2D eigenvalue weighted by molar-refractivity contribution is 0.0628. The Morgan fingerprint density at radius 2 is 1.70 bits per heavy atom. The molecule has 2 aromatic rings. The molecule has 1 fully saturated rings. The van der Waals surface area contributed by atoms with Crippen molar-refractivity contribution in [2.24, 2.45) is 0 Å². The Morgan fingerprint density at radius 3 is 2.30 bits per heavy atom. The summed E-state index contributed by atoms with van der Waals surface area (Å²) in [5.41, 5.74) is 2.05. The van der Waals surface area contributed by atoms with E-state index in [1.807, 2.05) is 4.90 Å². The van der Waals surface area contributed by atoms with Gasteiger partial charge in [-0.25, -0.2) is 0 Å². The molecule has 5 heteroatoms. The lowest BCUT2D eigenvalue weighted by Gasteiger charge is -2.34. The Morgan fingerprint density at radius 1 is 1.04 bits per heavy atom. The minimum absolute atomic E-state index is 0.108.